The van der Waals surface area contributed by atoms with Crippen molar-refractivity contribution in [1.82, 2.24) is 9.88 Å². The lowest BCUT2D eigenvalue weighted by Gasteiger charge is -2.24. The molecule has 1 aliphatic heterocycles. The molecule has 7 heteroatoms. The molecular formula is C24H28N2O4S. The normalized spacial score (nSPS) is 16.5. The highest BCUT2D eigenvalue weighted by Crippen LogP contribution is 2.30. The molecule has 1 unspecified atom stereocenters. The Morgan fingerprint density at radius 3 is 2.94 bits per heavy atom. The minimum atomic E-state index is -0.160. The number of aromatic nitrogens is 1. The number of esters is 1. The van der Waals surface area contributed by atoms with Crippen LogP contribution in [0.3, 0.4) is 0 Å². The molecule has 6 nitrogen and oxygen atoms in total. The summed E-state index contributed by atoms with van der Waals surface area (Å²) in [6.07, 6.45) is 2.71. The predicted molar refractivity (Wildman–Crippen MR) is 120 cm³/mol. The molecule has 0 bridgehead atoms. The fourth-order valence-corrected chi connectivity index (χ4v) is 4.80. The van der Waals surface area contributed by atoms with Crippen LogP contribution in [-0.4, -0.2) is 35.5 Å². The number of methoxy groups -OCH3 is 1. The molecule has 4 rings (SSSR count). The Bertz CT molecular complexity index is 1030. The van der Waals surface area contributed by atoms with Crippen molar-refractivity contribution >= 4 is 17.3 Å². The summed E-state index contributed by atoms with van der Waals surface area (Å²) in [7, 11) is 1.46. The van der Waals surface area contributed by atoms with Gasteiger partial charge in [-0.3, -0.25) is 9.69 Å². The van der Waals surface area contributed by atoms with Gasteiger partial charge in [-0.25, -0.2) is 4.98 Å². The molecule has 31 heavy (non-hydrogen) atoms. The number of rotatable bonds is 8. The Hall–Kier alpha value is -2.64. The highest BCUT2D eigenvalue weighted by atomic mass is 32.1. The fraction of sp³-hybridized carbons (Fsp3) is 0.417. The Balaban J connectivity index is 1.49. The minimum absolute atomic E-state index is 0.147. The number of ether oxygens (including phenoxy) is 2. The van der Waals surface area contributed by atoms with E-state index in [2.05, 4.69) is 22.9 Å². The maximum atomic E-state index is 12.1. The molecular weight excluding hydrogens is 412 g/mol. The van der Waals surface area contributed by atoms with Crippen molar-refractivity contribution in [2.24, 2.45) is 0 Å². The lowest BCUT2D eigenvalue weighted by Crippen LogP contribution is -2.36. The maximum Gasteiger partial charge on any atom is 0.323 e. The second-order valence-corrected chi connectivity index (χ2v) is 8.63. The van der Waals surface area contributed by atoms with Crippen LogP contribution in [-0.2, 0) is 29.1 Å². The summed E-state index contributed by atoms with van der Waals surface area (Å²) in [5.41, 5.74) is 3.16. The Morgan fingerprint density at radius 2 is 2.19 bits per heavy atom. The van der Waals surface area contributed by atoms with Gasteiger partial charge in [0.1, 0.15) is 29.9 Å². The van der Waals surface area contributed by atoms with Crippen LogP contribution < -0.4 is 4.74 Å². The number of carbonyl (C=O) groups excluding carboxylic acids is 1. The van der Waals surface area contributed by atoms with E-state index in [0.29, 0.717) is 19.0 Å². The van der Waals surface area contributed by atoms with Crippen molar-refractivity contribution in [3.8, 4) is 16.5 Å². The molecule has 0 spiro atoms. The second-order valence-electron chi connectivity index (χ2n) is 7.69. The molecule has 0 N–H and O–H groups in total. The Labute approximate surface area is 186 Å². The van der Waals surface area contributed by atoms with Crippen molar-refractivity contribution in [1.29, 1.82) is 0 Å². The van der Waals surface area contributed by atoms with Crippen molar-refractivity contribution in [2.45, 2.75) is 52.3 Å². The predicted octanol–water partition coefficient (Wildman–Crippen LogP) is 4.99. The van der Waals surface area contributed by atoms with Crippen LogP contribution in [0.25, 0.3) is 10.8 Å². The first-order valence-corrected chi connectivity index (χ1v) is 11.5. The van der Waals surface area contributed by atoms with Crippen LogP contribution in [0.1, 0.15) is 42.3 Å². The van der Waals surface area contributed by atoms with Gasteiger partial charge >= 0.3 is 5.97 Å². The van der Waals surface area contributed by atoms with Crippen LogP contribution in [0.4, 0.5) is 0 Å². The lowest BCUT2D eigenvalue weighted by atomic mass is 10.0. The highest BCUT2D eigenvalue weighted by Gasteiger charge is 2.31. The van der Waals surface area contributed by atoms with Crippen LogP contribution in [0.5, 0.6) is 5.75 Å². The molecule has 0 amide bonds. The van der Waals surface area contributed by atoms with E-state index < -0.39 is 0 Å². The summed E-state index contributed by atoms with van der Waals surface area (Å²) in [5.74, 6) is 2.12. The number of likely N-dealkylation sites (tertiary alicyclic amines) is 1. The molecule has 164 valence electrons. The van der Waals surface area contributed by atoms with E-state index in [0.717, 1.165) is 53.5 Å². The average Bonchev–Trinajstić information content (AvgIpc) is 3.53. The van der Waals surface area contributed by atoms with Crippen molar-refractivity contribution in [2.75, 3.05) is 13.7 Å². The first kappa shape index (κ1) is 21.6. The summed E-state index contributed by atoms with van der Waals surface area (Å²) in [6.45, 7) is 6.01. The van der Waals surface area contributed by atoms with E-state index in [9.17, 15) is 4.79 Å². The zero-order valence-corrected chi connectivity index (χ0v) is 19.0. The molecule has 3 heterocycles. The Kier molecular flexibility index (Phi) is 6.73. The lowest BCUT2D eigenvalue weighted by molar-refractivity contribution is -0.146. The molecule has 0 aliphatic carbocycles. The number of hydrogen-bond acceptors (Lipinski definition) is 7. The molecule has 1 atom stereocenters. The third kappa shape index (κ3) is 4.67. The number of carbonyl (C=O) groups is 1. The van der Waals surface area contributed by atoms with Crippen LogP contribution in [0.15, 0.2) is 40.1 Å². The van der Waals surface area contributed by atoms with E-state index in [-0.39, 0.29) is 12.0 Å². The summed E-state index contributed by atoms with van der Waals surface area (Å²) in [4.78, 5) is 20.0. The fourth-order valence-electron chi connectivity index (χ4n) is 4.15. The van der Waals surface area contributed by atoms with E-state index >= 15 is 0 Å². The molecule has 2 aromatic heterocycles. The van der Waals surface area contributed by atoms with Gasteiger partial charge in [0, 0.05) is 6.54 Å². The highest BCUT2D eigenvalue weighted by molar-refractivity contribution is 7.13. The first-order chi connectivity index (χ1) is 15.1. The van der Waals surface area contributed by atoms with Gasteiger partial charge in [-0.15, -0.1) is 11.3 Å². The number of oxazole rings is 1. The topological polar surface area (TPSA) is 64.8 Å². The number of hydrogen-bond donors (Lipinski definition) is 0. The summed E-state index contributed by atoms with van der Waals surface area (Å²) in [5, 5.41) is 2.01. The average molecular weight is 441 g/mol. The first-order valence-electron chi connectivity index (χ1n) is 10.7. The second kappa shape index (κ2) is 9.66. The molecule has 3 aromatic rings. The molecule has 1 fully saturated rings. The summed E-state index contributed by atoms with van der Waals surface area (Å²) >= 11 is 1.60. The number of benzene rings is 1. The molecule has 1 aliphatic rings. The van der Waals surface area contributed by atoms with Gasteiger partial charge in [-0.2, -0.15) is 0 Å². The third-order valence-corrected chi connectivity index (χ3v) is 6.64. The van der Waals surface area contributed by atoms with E-state index in [4.69, 9.17) is 13.9 Å². The zero-order chi connectivity index (χ0) is 21.8. The molecule has 1 aromatic carbocycles. The summed E-state index contributed by atoms with van der Waals surface area (Å²) in [6, 6.07) is 9.96. The van der Waals surface area contributed by atoms with Gasteiger partial charge in [-0.1, -0.05) is 25.1 Å². The SMILES string of the molecule is CCc1c(CN2CCCC2C(=O)OC)cccc1OCc1nc(-c2cccs2)oc1C. The van der Waals surface area contributed by atoms with Gasteiger partial charge in [0.2, 0.25) is 5.89 Å². The number of nitrogens with zero attached hydrogens (tertiary/aromatic N) is 2. The number of thiophene rings is 1. The Morgan fingerprint density at radius 1 is 1.32 bits per heavy atom. The minimum Gasteiger partial charge on any atom is -0.487 e. The van der Waals surface area contributed by atoms with Gasteiger partial charge < -0.3 is 13.9 Å². The van der Waals surface area contributed by atoms with Crippen molar-refractivity contribution in [3.63, 3.8) is 0 Å². The van der Waals surface area contributed by atoms with Crippen LogP contribution in [0, 0.1) is 6.92 Å². The van der Waals surface area contributed by atoms with Crippen LogP contribution >= 0.6 is 11.3 Å². The van der Waals surface area contributed by atoms with Gasteiger partial charge in [0.25, 0.3) is 0 Å². The maximum absolute atomic E-state index is 12.1. The molecule has 0 saturated carbocycles. The van der Waals surface area contributed by atoms with Gasteiger partial charge in [0.05, 0.1) is 12.0 Å². The van der Waals surface area contributed by atoms with E-state index in [1.54, 1.807) is 11.3 Å². The van der Waals surface area contributed by atoms with Crippen molar-refractivity contribution in [3.05, 3.63) is 58.3 Å². The standard InChI is InChI=1S/C24H28N2O4S/c1-4-18-17(14-26-12-6-9-20(26)24(27)28-3)8-5-10-21(18)29-15-19-16(2)30-23(25-19)22-11-7-13-31-22/h5,7-8,10-11,13,20H,4,6,9,12,14-15H2,1-3H3. The van der Waals surface area contributed by atoms with E-state index in [1.165, 1.54) is 12.7 Å². The molecule has 1 saturated heterocycles. The monoisotopic (exact) mass is 440 g/mol. The zero-order valence-electron chi connectivity index (χ0n) is 18.2. The number of aryl methyl sites for hydroxylation is 1. The van der Waals surface area contributed by atoms with Crippen LogP contribution in [0.2, 0.25) is 0 Å². The molecule has 0 radical (unpaired) electrons. The van der Waals surface area contributed by atoms with E-state index in [1.807, 2.05) is 36.6 Å². The van der Waals surface area contributed by atoms with Gasteiger partial charge in [-0.05, 0) is 61.4 Å². The van der Waals surface area contributed by atoms with Gasteiger partial charge in [0.15, 0.2) is 0 Å². The summed E-state index contributed by atoms with van der Waals surface area (Å²) < 4.78 is 17.0. The third-order valence-electron chi connectivity index (χ3n) is 5.78. The largest absolute Gasteiger partial charge is 0.487 e. The smallest absolute Gasteiger partial charge is 0.323 e. The van der Waals surface area contributed by atoms with Crippen molar-refractivity contribution < 1.29 is 18.7 Å². The quantitative estimate of drug-likeness (QED) is 0.460.